The quantitative estimate of drug-likeness (QED) is 0.785. The average molecular weight is 308 g/mol. The van der Waals surface area contributed by atoms with Crippen molar-refractivity contribution in [3.63, 3.8) is 0 Å². The summed E-state index contributed by atoms with van der Waals surface area (Å²) in [7, 11) is 0. The van der Waals surface area contributed by atoms with Gasteiger partial charge in [-0.25, -0.2) is 0 Å². The van der Waals surface area contributed by atoms with Crippen molar-refractivity contribution in [2.75, 3.05) is 4.90 Å². The summed E-state index contributed by atoms with van der Waals surface area (Å²) in [5, 5.41) is 0. The van der Waals surface area contributed by atoms with E-state index in [9.17, 15) is 4.79 Å². The Kier molecular flexibility index (Phi) is 3.18. The van der Waals surface area contributed by atoms with E-state index < -0.39 is 0 Å². The molecule has 1 aromatic carbocycles. The van der Waals surface area contributed by atoms with Gasteiger partial charge >= 0.3 is 0 Å². The molecule has 18 heavy (non-hydrogen) atoms. The van der Waals surface area contributed by atoms with E-state index in [1.165, 1.54) is 17.7 Å². The molecule has 2 saturated heterocycles. The van der Waals surface area contributed by atoms with Crippen molar-refractivity contribution >= 4 is 27.4 Å². The zero-order valence-electron chi connectivity index (χ0n) is 10.7. The van der Waals surface area contributed by atoms with E-state index >= 15 is 0 Å². The highest BCUT2D eigenvalue weighted by Gasteiger charge is 2.37. The molecular weight excluding hydrogens is 290 g/mol. The second-order valence-electron chi connectivity index (χ2n) is 5.58. The van der Waals surface area contributed by atoms with E-state index in [0.717, 1.165) is 30.2 Å². The molecule has 0 spiro atoms. The molecule has 2 bridgehead atoms. The molecule has 2 fully saturated rings. The highest BCUT2D eigenvalue weighted by atomic mass is 79.9. The number of carbonyl (C=O) groups excluding carboxylic acids is 1. The van der Waals surface area contributed by atoms with Crippen molar-refractivity contribution in [3.8, 4) is 0 Å². The van der Waals surface area contributed by atoms with Crippen LogP contribution in [0.25, 0.3) is 0 Å². The third-order valence-corrected chi connectivity index (χ3v) is 4.57. The van der Waals surface area contributed by atoms with Crippen molar-refractivity contribution in [3.05, 3.63) is 28.2 Å². The van der Waals surface area contributed by atoms with Gasteiger partial charge < -0.3 is 4.90 Å². The van der Waals surface area contributed by atoms with Crippen LogP contribution in [-0.4, -0.2) is 17.9 Å². The lowest BCUT2D eigenvalue weighted by atomic mass is 9.83. The first-order chi connectivity index (χ1) is 8.63. The normalized spacial score (nSPS) is 27.4. The van der Waals surface area contributed by atoms with E-state index in [1.54, 1.807) is 0 Å². The smallest absolute Gasteiger partial charge is 0.137 e. The molecule has 2 aliphatic rings. The molecule has 96 valence electrons. The number of ketones is 1. The fourth-order valence-corrected chi connectivity index (χ4v) is 4.06. The van der Waals surface area contributed by atoms with Crippen LogP contribution in [-0.2, 0) is 4.79 Å². The summed E-state index contributed by atoms with van der Waals surface area (Å²) >= 11 is 3.58. The van der Waals surface area contributed by atoms with Crippen molar-refractivity contribution in [2.24, 2.45) is 0 Å². The molecule has 1 aromatic rings. The van der Waals surface area contributed by atoms with Crippen LogP contribution in [0, 0.1) is 6.92 Å². The lowest BCUT2D eigenvalue weighted by molar-refractivity contribution is -0.121. The van der Waals surface area contributed by atoms with Gasteiger partial charge in [0.15, 0.2) is 0 Å². The number of Topliss-reactive ketones (excluding diaryl/α,β-unsaturated/α-hetero) is 1. The maximum Gasteiger partial charge on any atom is 0.137 e. The van der Waals surface area contributed by atoms with Crippen LogP contribution in [0.3, 0.4) is 0 Å². The molecular formula is C15H18BrNO. The molecule has 0 aromatic heterocycles. The average Bonchev–Trinajstić information content (AvgIpc) is 2.26. The molecule has 0 saturated carbocycles. The largest absolute Gasteiger partial charge is 0.365 e. The van der Waals surface area contributed by atoms with Crippen molar-refractivity contribution in [1.82, 2.24) is 0 Å². The number of fused-ring (bicyclic) bond motifs is 2. The highest BCUT2D eigenvalue weighted by Crippen LogP contribution is 2.37. The molecule has 2 heterocycles. The molecule has 0 radical (unpaired) electrons. The number of halogens is 1. The molecule has 0 N–H and O–H groups in total. The van der Waals surface area contributed by atoms with Gasteiger partial charge in [0.25, 0.3) is 0 Å². The Labute approximate surface area is 116 Å². The van der Waals surface area contributed by atoms with E-state index in [4.69, 9.17) is 0 Å². The first-order valence-electron chi connectivity index (χ1n) is 6.71. The van der Waals surface area contributed by atoms with E-state index in [-0.39, 0.29) is 0 Å². The summed E-state index contributed by atoms with van der Waals surface area (Å²) in [5.74, 6) is 0.452. The SMILES string of the molecule is Cc1cc(Br)cc(N2C3CCCC2CC(=O)C3)c1. The van der Waals surface area contributed by atoms with Gasteiger partial charge in [-0.15, -0.1) is 0 Å². The molecule has 2 unspecified atom stereocenters. The number of rotatable bonds is 1. The molecule has 3 heteroatoms. The Morgan fingerprint density at radius 1 is 1.17 bits per heavy atom. The number of hydrogen-bond donors (Lipinski definition) is 0. The second kappa shape index (κ2) is 4.69. The van der Waals surface area contributed by atoms with Crippen LogP contribution < -0.4 is 4.90 Å². The van der Waals surface area contributed by atoms with Crippen LogP contribution in [0.4, 0.5) is 5.69 Å². The van der Waals surface area contributed by atoms with Crippen molar-refractivity contribution in [2.45, 2.75) is 51.1 Å². The maximum absolute atomic E-state index is 11.8. The minimum absolute atomic E-state index is 0.429. The van der Waals surface area contributed by atoms with Gasteiger partial charge in [-0.3, -0.25) is 4.79 Å². The third kappa shape index (κ3) is 2.20. The molecule has 2 aliphatic heterocycles. The Hall–Kier alpha value is -0.830. The van der Waals surface area contributed by atoms with Crippen LogP contribution in [0.5, 0.6) is 0 Å². The summed E-state index contributed by atoms with van der Waals surface area (Å²) in [4.78, 5) is 14.3. The topological polar surface area (TPSA) is 20.3 Å². The van der Waals surface area contributed by atoms with Crippen LogP contribution >= 0.6 is 15.9 Å². The monoisotopic (exact) mass is 307 g/mol. The van der Waals surface area contributed by atoms with Gasteiger partial charge in [-0.2, -0.15) is 0 Å². The van der Waals surface area contributed by atoms with Crippen LogP contribution in [0.1, 0.15) is 37.7 Å². The Morgan fingerprint density at radius 2 is 1.83 bits per heavy atom. The summed E-state index contributed by atoms with van der Waals surface area (Å²) in [6.45, 7) is 2.12. The molecule has 2 atom stereocenters. The van der Waals surface area contributed by atoms with Crippen LogP contribution in [0.2, 0.25) is 0 Å². The van der Waals surface area contributed by atoms with Gasteiger partial charge in [0.05, 0.1) is 0 Å². The number of aryl methyl sites for hydroxylation is 1. The number of nitrogens with zero attached hydrogens (tertiary/aromatic N) is 1. The summed E-state index contributed by atoms with van der Waals surface area (Å²) in [5.41, 5.74) is 2.55. The Balaban J connectivity index is 1.97. The number of benzene rings is 1. The summed E-state index contributed by atoms with van der Waals surface area (Å²) in [6.07, 6.45) is 5.07. The number of hydrogen-bond acceptors (Lipinski definition) is 2. The first-order valence-corrected chi connectivity index (χ1v) is 7.50. The molecule has 0 amide bonds. The molecule has 3 rings (SSSR count). The second-order valence-corrected chi connectivity index (χ2v) is 6.50. The van der Waals surface area contributed by atoms with Crippen LogP contribution in [0.15, 0.2) is 22.7 Å². The zero-order valence-corrected chi connectivity index (χ0v) is 12.2. The predicted octanol–water partition coefficient (Wildman–Crippen LogP) is 3.85. The number of anilines is 1. The minimum Gasteiger partial charge on any atom is -0.365 e. The standard InChI is InChI=1S/C15H18BrNO/c1-10-5-11(16)7-14(6-10)17-12-3-2-4-13(17)9-15(18)8-12/h5-7,12-13H,2-4,8-9H2,1H3. The van der Waals surface area contributed by atoms with Gasteiger partial charge in [0.2, 0.25) is 0 Å². The lowest BCUT2D eigenvalue weighted by Crippen LogP contribution is -2.52. The van der Waals surface area contributed by atoms with Gasteiger partial charge in [-0.1, -0.05) is 15.9 Å². The zero-order chi connectivity index (χ0) is 12.7. The fraction of sp³-hybridized carbons (Fsp3) is 0.533. The number of piperidine rings is 2. The lowest BCUT2D eigenvalue weighted by Gasteiger charge is -2.47. The molecule has 2 nitrogen and oxygen atoms in total. The minimum atomic E-state index is 0.429. The first kappa shape index (κ1) is 12.2. The predicted molar refractivity (Wildman–Crippen MR) is 77.0 cm³/mol. The fourth-order valence-electron chi connectivity index (χ4n) is 3.46. The van der Waals surface area contributed by atoms with Gasteiger partial charge in [-0.05, 0) is 49.9 Å². The van der Waals surface area contributed by atoms with E-state index in [0.29, 0.717) is 17.9 Å². The van der Waals surface area contributed by atoms with Gasteiger partial charge in [0.1, 0.15) is 5.78 Å². The van der Waals surface area contributed by atoms with Crippen molar-refractivity contribution in [1.29, 1.82) is 0 Å². The molecule has 0 aliphatic carbocycles. The number of carbonyl (C=O) groups is 1. The Morgan fingerprint density at radius 3 is 2.44 bits per heavy atom. The Bertz CT molecular complexity index is 449. The summed E-state index contributed by atoms with van der Waals surface area (Å²) in [6, 6.07) is 7.42. The summed E-state index contributed by atoms with van der Waals surface area (Å²) < 4.78 is 1.13. The van der Waals surface area contributed by atoms with E-state index in [2.05, 4.69) is 46.0 Å². The third-order valence-electron chi connectivity index (χ3n) is 4.11. The van der Waals surface area contributed by atoms with E-state index in [1.807, 2.05) is 0 Å². The highest BCUT2D eigenvalue weighted by molar-refractivity contribution is 9.10. The van der Waals surface area contributed by atoms with Crippen molar-refractivity contribution < 1.29 is 4.79 Å². The van der Waals surface area contributed by atoms with Gasteiger partial charge in [0, 0.05) is 35.1 Å². The maximum atomic E-state index is 11.8.